The number of hydrogen-bond acceptors (Lipinski definition) is 5. The first kappa shape index (κ1) is 12.1. The number of thioether (sulfide) groups is 2. The molecule has 6 heteroatoms. The van der Waals surface area contributed by atoms with Gasteiger partial charge in [0.1, 0.15) is 0 Å². The zero-order valence-corrected chi connectivity index (χ0v) is 11.3. The molecule has 3 N–H and O–H groups in total. The van der Waals surface area contributed by atoms with Crippen LogP contribution in [0.15, 0.2) is 11.4 Å². The van der Waals surface area contributed by atoms with Crippen LogP contribution >= 0.6 is 46.5 Å². The average Bonchev–Trinajstić information content (AvgIpc) is 2.68. The Morgan fingerprint density at radius 3 is 2.93 bits per heavy atom. The van der Waals surface area contributed by atoms with Gasteiger partial charge in [0.2, 0.25) is 0 Å². The van der Waals surface area contributed by atoms with E-state index in [1.54, 1.807) is 11.3 Å². The lowest BCUT2D eigenvalue weighted by Gasteiger charge is -2.28. The van der Waals surface area contributed by atoms with Crippen LogP contribution < -0.4 is 11.3 Å². The minimum absolute atomic E-state index is 0.190. The molecule has 0 saturated carbocycles. The van der Waals surface area contributed by atoms with Crippen LogP contribution in [0.25, 0.3) is 0 Å². The van der Waals surface area contributed by atoms with E-state index < -0.39 is 0 Å². The summed E-state index contributed by atoms with van der Waals surface area (Å²) >= 11 is 11.8. The molecule has 1 aromatic heterocycles. The zero-order chi connectivity index (χ0) is 10.7. The number of halogens is 1. The predicted molar refractivity (Wildman–Crippen MR) is 73.0 cm³/mol. The number of nitrogens with one attached hydrogen (secondary N) is 1. The molecule has 0 bridgehead atoms. The minimum atomic E-state index is 0.190. The summed E-state index contributed by atoms with van der Waals surface area (Å²) in [6, 6.07) is 2.13. The van der Waals surface area contributed by atoms with Gasteiger partial charge in [-0.15, -0.1) is 11.3 Å². The molecule has 15 heavy (non-hydrogen) atoms. The maximum atomic E-state index is 6.13. The van der Waals surface area contributed by atoms with Crippen molar-refractivity contribution >= 4 is 46.5 Å². The third-order valence-corrected chi connectivity index (χ3v) is 6.63. The van der Waals surface area contributed by atoms with E-state index in [-0.39, 0.29) is 6.04 Å². The molecule has 84 valence electrons. The summed E-state index contributed by atoms with van der Waals surface area (Å²) in [7, 11) is 0. The fourth-order valence-electron chi connectivity index (χ4n) is 1.58. The molecule has 1 fully saturated rings. The highest BCUT2D eigenvalue weighted by Crippen LogP contribution is 2.38. The average molecular weight is 281 g/mol. The Morgan fingerprint density at radius 1 is 1.53 bits per heavy atom. The monoisotopic (exact) mass is 280 g/mol. The van der Waals surface area contributed by atoms with E-state index in [1.807, 2.05) is 35.0 Å². The van der Waals surface area contributed by atoms with Crippen molar-refractivity contribution in [3.63, 3.8) is 0 Å². The normalized spacial score (nSPS) is 24.0. The molecule has 0 aromatic carbocycles. The Morgan fingerprint density at radius 2 is 2.40 bits per heavy atom. The maximum absolute atomic E-state index is 6.13. The zero-order valence-electron chi connectivity index (χ0n) is 8.11. The van der Waals surface area contributed by atoms with E-state index in [9.17, 15) is 0 Å². The van der Waals surface area contributed by atoms with Crippen molar-refractivity contribution in [1.82, 2.24) is 5.43 Å². The second kappa shape index (κ2) is 5.80. The molecule has 2 atom stereocenters. The van der Waals surface area contributed by atoms with Crippen molar-refractivity contribution in [2.24, 2.45) is 5.84 Å². The Bertz CT molecular complexity index is 312. The van der Waals surface area contributed by atoms with Gasteiger partial charge in [0, 0.05) is 27.4 Å². The Balaban J connectivity index is 2.12. The van der Waals surface area contributed by atoms with Crippen LogP contribution in [0.4, 0.5) is 0 Å². The summed E-state index contributed by atoms with van der Waals surface area (Å²) in [6.45, 7) is 0. The van der Waals surface area contributed by atoms with Crippen molar-refractivity contribution in [2.45, 2.75) is 11.3 Å². The number of hydrogen-bond donors (Lipinski definition) is 2. The first-order valence-corrected chi connectivity index (χ1v) is 8.17. The van der Waals surface area contributed by atoms with Gasteiger partial charge in [-0.05, 0) is 11.4 Å². The SMILES string of the molecule is NNC(c1sccc1Cl)C1CSCCS1. The van der Waals surface area contributed by atoms with Crippen molar-refractivity contribution < 1.29 is 0 Å². The van der Waals surface area contributed by atoms with Crippen LogP contribution in [0.5, 0.6) is 0 Å². The van der Waals surface area contributed by atoms with Crippen LogP contribution in [0.3, 0.4) is 0 Å². The molecule has 0 spiro atoms. The molecule has 0 aliphatic carbocycles. The lowest BCUT2D eigenvalue weighted by atomic mass is 10.2. The number of nitrogens with two attached hydrogens (primary N) is 1. The van der Waals surface area contributed by atoms with Gasteiger partial charge in [0.05, 0.1) is 11.1 Å². The first-order valence-electron chi connectivity index (χ1n) is 4.71. The van der Waals surface area contributed by atoms with Gasteiger partial charge in [-0.2, -0.15) is 23.5 Å². The van der Waals surface area contributed by atoms with Gasteiger partial charge in [0.15, 0.2) is 0 Å². The summed E-state index contributed by atoms with van der Waals surface area (Å²) in [5, 5.41) is 3.38. The van der Waals surface area contributed by atoms with Crippen molar-refractivity contribution in [3.8, 4) is 0 Å². The molecular formula is C9H13ClN2S3. The first-order chi connectivity index (χ1) is 7.33. The lowest BCUT2D eigenvalue weighted by Crippen LogP contribution is -2.37. The fraction of sp³-hybridized carbons (Fsp3) is 0.556. The smallest absolute Gasteiger partial charge is 0.0694 e. The van der Waals surface area contributed by atoms with E-state index in [2.05, 4.69) is 5.43 Å². The summed E-state index contributed by atoms with van der Waals surface area (Å²) < 4.78 is 0. The summed E-state index contributed by atoms with van der Waals surface area (Å²) in [5.41, 5.74) is 2.91. The summed E-state index contributed by atoms with van der Waals surface area (Å²) in [5.74, 6) is 9.24. The molecule has 1 aliphatic rings. The molecule has 0 radical (unpaired) electrons. The van der Waals surface area contributed by atoms with Crippen LogP contribution in [-0.2, 0) is 0 Å². The maximum Gasteiger partial charge on any atom is 0.0694 e. The molecule has 2 unspecified atom stereocenters. The quantitative estimate of drug-likeness (QED) is 0.660. The van der Waals surface area contributed by atoms with Crippen LogP contribution in [0, 0.1) is 0 Å². The van der Waals surface area contributed by atoms with E-state index >= 15 is 0 Å². The molecule has 2 heterocycles. The van der Waals surface area contributed by atoms with Gasteiger partial charge in [-0.25, -0.2) is 0 Å². The highest BCUT2D eigenvalue weighted by molar-refractivity contribution is 8.06. The molecular weight excluding hydrogens is 268 g/mol. The second-order valence-electron chi connectivity index (χ2n) is 3.26. The van der Waals surface area contributed by atoms with Gasteiger partial charge < -0.3 is 0 Å². The molecule has 0 amide bonds. The summed E-state index contributed by atoms with van der Waals surface area (Å²) in [6.07, 6.45) is 0. The number of thiophene rings is 1. The third-order valence-electron chi connectivity index (χ3n) is 2.32. The van der Waals surface area contributed by atoms with Crippen molar-refractivity contribution in [2.75, 3.05) is 17.3 Å². The van der Waals surface area contributed by atoms with E-state index in [1.165, 1.54) is 16.4 Å². The molecule has 1 aromatic rings. The van der Waals surface area contributed by atoms with Gasteiger partial charge in [-0.1, -0.05) is 11.6 Å². The van der Waals surface area contributed by atoms with Crippen molar-refractivity contribution in [3.05, 3.63) is 21.3 Å². The lowest BCUT2D eigenvalue weighted by molar-refractivity contribution is 0.561. The van der Waals surface area contributed by atoms with Crippen LogP contribution in [0.2, 0.25) is 5.02 Å². The van der Waals surface area contributed by atoms with Gasteiger partial charge in [-0.3, -0.25) is 11.3 Å². The van der Waals surface area contributed by atoms with Crippen LogP contribution in [-0.4, -0.2) is 22.5 Å². The fourth-order valence-corrected chi connectivity index (χ4v) is 5.79. The van der Waals surface area contributed by atoms with E-state index in [0.29, 0.717) is 5.25 Å². The molecule has 2 rings (SSSR count). The second-order valence-corrected chi connectivity index (χ2v) is 7.11. The Labute approximate surface area is 107 Å². The van der Waals surface area contributed by atoms with E-state index in [4.69, 9.17) is 17.4 Å². The Hall–Kier alpha value is 0.610. The largest absolute Gasteiger partial charge is 0.271 e. The standard InChI is InChI=1S/C9H13ClN2S3/c10-6-1-2-15-9(6)8(12-11)7-5-13-3-4-14-7/h1-2,7-8,12H,3-5,11H2. The topological polar surface area (TPSA) is 38.0 Å². The Kier molecular flexibility index (Phi) is 4.67. The third kappa shape index (κ3) is 2.84. The number of rotatable bonds is 3. The summed E-state index contributed by atoms with van der Waals surface area (Å²) in [4.78, 5) is 1.17. The highest BCUT2D eigenvalue weighted by Gasteiger charge is 2.27. The van der Waals surface area contributed by atoms with Gasteiger partial charge >= 0.3 is 0 Å². The number of hydrazine groups is 1. The molecule has 2 nitrogen and oxygen atoms in total. The predicted octanol–water partition coefficient (Wildman–Crippen LogP) is 2.75. The molecule has 1 saturated heterocycles. The van der Waals surface area contributed by atoms with Crippen LogP contribution in [0.1, 0.15) is 10.9 Å². The minimum Gasteiger partial charge on any atom is -0.271 e. The van der Waals surface area contributed by atoms with Crippen molar-refractivity contribution in [1.29, 1.82) is 0 Å². The van der Waals surface area contributed by atoms with Gasteiger partial charge in [0.25, 0.3) is 0 Å². The highest BCUT2D eigenvalue weighted by atomic mass is 35.5. The van der Waals surface area contributed by atoms with E-state index in [0.717, 1.165) is 10.8 Å². The molecule has 1 aliphatic heterocycles.